The topological polar surface area (TPSA) is 84.9 Å². The third-order valence-corrected chi connectivity index (χ3v) is 7.46. The molecule has 1 N–H and O–H groups in total. The molecule has 1 amide bonds. The van der Waals surface area contributed by atoms with Crippen LogP contribution in [0.5, 0.6) is 0 Å². The molecule has 10 heteroatoms. The van der Waals surface area contributed by atoms with Crippen molar-refractivity contribution in [3.63, 3.8) is 0 Å². The second-order valence-electron chi connectivity index (χ2n) is 7.53. The van der Waals surface area contributed by atoms with E-state index in [4.69, 9.17) is 32.7 Å². The largest absolute Gasteiger partial charge is 0.350 e. The van der Waals surface area contributed by atoms with E-state index in [-0.39, 0.29) is 38.7 Å². The lowest BCUT2D eigenvalue weighted by Crippen LogP contribution is -2.43. The Balaban J connectivity index is 1.48. The summed E-state index contributed by atoms with van der Waals surface area (Å²) in [4.78, 5) is 14.8. The van der Waals surface area contributed by atoms with E-state index in [1.54, 1.807) is 23.1 Å². The molecule has 7 nitrogen and oxygen atoms in total. The number of nitrogens with one attached hydrogen (secondary N) is 1. The first-order valence-electron chi connectivity index (χ1n) is 9.94. The minimum Gasteiger partial charge on any atom is -0.350 e. The summed E-state index contributed by atoms with van der Waals surface area (Å²) in [5.41, 5.74) is 0.691. The zero-order valence-electron chi connectivity index (χ0n) is 16.6. The summed E-state index contributed by atoms with van der Waals surface area (Å²) in [6.07, 6.45) is 1.54. The van der Waals surface area contributed by atoms with Gasteiger partial charge in [0, 0.05) is 30.3 Å². The zero-order chi connectivity index (χ0) is 22.0. The number of carbonyl (C=O) groups excluding carboxylic acids is 1. The summed E-state index contributed by atoms with van der Waals surface area (Å²) in [5, 5.41) is 0.407. The van der Waals surface area contributed by atoms with Gasteiger partial charge in [-0.05, 0) is 49.2 Å². The maximum absolute atomic E-state index is 13.1. The molecule has 2 aliphatic rings. The van der Waals surface area contributed by atoms with E-state index in [0.29, 0.717) is 31.9 Å². The van der Waals surface area contributed by atoms with Gasteiger partial charge in [-0.25, -0.2) is 8.42 Å². The van der Waals surface area contributed by atoms with Gasteiger partial charge in [-0.1, -0.05) is 29.3 Å². The van der Waals surface area contributed by atoms with Gasteiger partial charge < -0.3 is 14.4 Å². The average molecular weight is 485 g/mol. The van der Waals surface area contributed by atoms with Crippen LogP contribution in [0.1, 0.15) is 23.2 Å². The molecule has 0 bridgehead atoms. The van der Waals surface area contributed by atoms with Gasteiger partial charge in [-0.3, -0.25) is 9.52 Å². The molecule has 0 spiro atoms. The SMILES string of the molecule is O=C(c1cccc(NS(=O)(=O)c2ccc(Cl)c(Cl)c2)c1)N1CCCC(C2OCCO2)C1. The monoisotopic (exact) mass is 484 g/mol. The lowest BCUT2D eigenvalue weighted by molar-refractivity contribution is -0.0969. The molecule has 2 aliphatic heterocycles. The Bertz CT molecular complexity index is 1070. The molecule has 1 atom stereocenters. The summed E-state index contributed by atoms with van der Waals surface area (Å²) in [5.74, 6) is -0.0187. The van der Waals surface area contributed by atoms with Crippen LogP contribution in [-0.2, 0) is 19.5 Å². The summed E-state index contributed by atoms with van der Waals surface area (Å²) >= 11 is 11.8. The smallest absolute Gasteiger partial charge is 0.261 e. The predicted octanol–water partition coefficient (Wildman–Crippen LogP) is 4.02. The van der Waals surface area contributed by atoms with Crippen molar-refractivity contribution in [3.05, 3.63) is 58.1 Å². The molecule has 0 radical (unpaired) electrons. The van der Waals surface area contributed by atoms with Gasteiger partial charge in [-0.15, -0.1) is 0 Å². The minimum absolute atomic E-state index is 0.0194. The Kier molecular flexibility index (Phi) is 6.74. The molecule has 0 saturated carbocycles. The Morgan fingerprint density at radius 3 is 2.58 bits per heavy atom. The fraction of sp³-hybridized carbons (Fsp3) is 0.381. The Morgan fingerprint density at radius 1 is 1.06 bits per heavy atom. The van der Waals surface area contributed by atoms with Gasteiger partial charge in [0.05, 0.1) is 28.2 Å². The molecule has 0 aromatic heterocycles. The maximum atomic E-state index is 13.1. The van der Waals surface area contributed by atoms with E-state index in [2.05, 4.69) is 4.72 Å². The standard InChI is InChI=1S/C21H22Cl2N2O5S/c22-18-7-6-17(12-19(18)23)31(27,28)24-16-5-1-3-14(11-16)20(26)25-8-2-4-15(13-25)21-29-9-10-30-21/h1,3,5-7,11-12,15,21,24H,2,4,8-10,13H2. The molecule has 2 saturated heterocycles. The van der Waals surface area contributed by atoms with Gasteiger partial charge >= 0.3 is 0 Å². The Morgan fingerprint density at radius 2 is 1.84 bits per heavy atom. The van der Waals surface area contributed by atoms with Gasteiger partial charge in [0.15, 0.2) is 6.29 Å². The van der Waals surface area contributed by atoms with E-state index in [1.807, 2.05) is 0 Å². The maximum Gasteiger partial charge on any atom is 0.261 e. The molecule has 0 aliphatic carbocycles. The van der Waals surface area contributed by atoms with E-state index >= 15 is 0 Å². The predicted molar refractivity (Wildman–Crippen MR) is 118 cm³/mol. The van der Waals surface area contributed by atoms with Crippen LogP contribution in [0.2, 0.25) is 10.0 Å². The molecule has 166 valence electrons. The van der Waals surface area contributed by atoms with Crippen LogP contribution < -0.4 is 4.72 Å². The average Bonchev–Trinajstić information content (AvgIpc) is 3.30. The highest BCUT2D eigenvalue weighted by molar-refractivity contribution is 7.92. The number of piperidine rings is 1. The first kappa shape index (κ1) is 22.4. The summed E-state index contributed by atoms with van der Waals surface area (Å²) < 4.78 is 39.1. The third-order valence-electron chi connectivity index (χ3n) is 5.34. The van der Waals surface area contributed by atoms with Gasteiger partial charge in [-0.2, -0.15) is 0 Å². The second-order valence-corrected chi connectivity index (χ2v) is 10.0. The van der Waals surface area contributed by atoms with E-state index in [0.717, 1.165) is 12.8 Å². The van der Waals surface area contributed by atoms with Crippen LogP contribution >= 0.6 is 23.2 Å². The highest BCUT2D eigenvalue weighted by Gasteiger charge is 2.33. The molecule has 31 heavy (non-hydrogen) atoms. The number of likely N-dealkylation sites (tertiary alicyclic amines) is 1. The molecule has 2 heterocycles. The van der Waals surface area contributed by atoms with Crippen molar-refractivity contribution < 1.29 is 22.7 Å². The van der Waals surface area contributed by atoms with E-state index in [1.165, 1.54) is 24.3 Å². The van der Waals surface area contributed by atoms with Gasteiger partial charge in [0.1, 0.15) is 0 Å². The molecule has 1 unspecified atom stereocenters. The normalized spacial score (nSPS) is 20.1. The lowest BCUT2D eigenvalue weighted by atomic mass is 9.96. The minimum atomic E-state index is -3.89. The number of carbonyl (C=O) groups is 1. The number of halogens is 2. The first-order valence-corrected chi connectivity index (χ1v) is 12.2. The van der Waals surface area contributed by atoms with Crippen molar-refractivity contribution in [2.24, 2.45) is 5.92 Å². The van der Waals surface area contributed by atoms with Gasteiger partial charge in [0.25, 0.3) is 15.9 Å². The number of hydrogen-bond acceptors (Lipinski definition) is 5. The first-order chi connectivity index (χ1) is 14.8. The Labute approximate surface area is 191 Å². The van der Waals surface area contributed by atoms with Crippen LogP contribution in [0.4, 0.5) is 5.69 Å². The van der Waals surface area contributed by atoms with Crippen LogP contribution in [0.25, 0.3) is 0 Å². The molecular weight excluding hydrogens is 463 g/mol. The summed E-state index contributed by atoms with van der Waals surface area (Å²) in [6.45, 7) is 2.34. The fourth-order valence-electron chi connectivity index (χ4n) is 3.82. The number of hydrogen-bond donors (Lipinski definition) is 1. The lowest BCUT2D eigenvalue weighted by Gasteiger charge is -2.34. The van der Waals surface area contributed by atoms with Crippen molar-refractivity contribution >= 4 is 44.8 Å². The van der Waals surface area contributed by atoms with Crippen molar-refractivity contribution in [2.45, 2.75) is 24.0 Å². The van der Waals surface area contributed by atoms with Crippen LogP contribution in [0.3, 0.4) is 0 Å². The number of anilines is 1. The van der Waals surface area contributed by atoms with E-state index in [9.17, 15) is 13.2 Å². The van der Waals surface area contributed by atoms with Crippen LogP contribution in [0.15, 0.2) is 47.4 Å². The van der Waals surface area contributed by atoms with Crippen molar-refractivity contribution in [1.29, 1.82) is 0 Å². The van der Waals surface area contributed by atoms with Crippen molar-refractivity contribution in [3.8, 4) is 0 Å². The molecule has 2 aromatic carbocycles. The highest BCUT2D eigenvalue weighted by atomic mass is 35.5. The number of rotatable bonds is 5. The van der Waals surface area contributed by atoms with Crippen LogP contribution in [-0.4, -0.2) is 51.8 Å². The van der Waals surface area contributed by atoms with E-state index < -0.39 is 10.0 Å². The quantitative estimate of drug-likeness (QED) is 0.692. The van der Waals surface area contributed by atoms with Crippen molar-refractivity contribution in [2.75, 3.05) is 31.0 Å². The number of sulfonamides is 1. The third kappa shape index (κ3) is 5.15. The summed E-state index contributed by atoms with van der Waals surface area (Å²) in [6, 6.07) is 10.5. The molecular formula is C21H22Cl2N2O5S. The molecule has 4 rings (SSSR count). The summed E-state index contributed by atoms with van der Waals surface area (Å²) in [7, 11) is -3.89. The number of benzene rings is 2. The fourth-order valence-corrected chi connectivity index (χ4v) is 5.26. The van der Waals surface area contributed by atoms with Crippen molar-refractivity contribution in [1.82, 2.24) is 4.90 Å². The zero-order valence-corrected chi connectivity index (χ0v) is 18.9. The van der Waals surface area contributed by atoms with Crippen LogP contribution in [0, 0.1) is 5.92 Å². The number of ether oxygens (including phenoxy) is 2. The Hall–Kier alpha value is -1.84. The number of nitrogens with zero attached hydrogens (tertiary/aromatic N) is 1. The highest BCUT2D eigenvalue weighted by Crippen LogP contribution is 2.28. The second kappa shape index (κ2) is 9.34. The molecule has 2 fully saturated rings. The number of amides is 1. The van der Waals surface area contributed by atoms with Gasteiger partial charge in [0.2, 0.25) is 0 Å². The molecule has 2 aromatic rings.